The summed E-state index contributed by atoms with van der Waals surface area (Å²) in [5.74, 6) is 0.173. The van der Waals surface area contributed by atoms with E-state index in [4.69, 9.17) is 9.57 Å². The maximum Gasteiger partial charge on any atom is 0.273 e. The number of ether oxygens (including phenoxy) is 1. The van der Waals surface area contributed by atoms with Crippen LogP contribution in [0.3, 0.4) is 0 Å². The Balaban J connectivity index is 1.99. The molecule has 126 valence electrons. The highest BCUT2D eigenvalue weighted by atomic mass is 16.6. The lowest BCUT2D eigenvalue weighted by Gasteiger charge is -2.05. The second kappa shape index (κ2) is 8.52. The van der Waals surface area contributed by atoms with E-state index in [-0.39, 0.29) is 18.2 Å². The highest BCUT2D eigenvalue weighted by Gasteiger charge is 2.12. The predicted molar refractivity (Wildman–Crippen MR) is 91.3 cm³/mol. The van der Waals surface area contributed by atoms with Crippen LogP contribution < -0.4 is 10.1 Å². The summed E-state index contributed by atoms with van der Waals surface area (Å²) < 4.78 is 7.32. The average molecular weight is 328 g/mol. The van der Waals surface area contributed by atoms with Crippen molar-refractivity contribution in [3.63, 3.8) is 0 Å². The average Bonchev–Trinajstić information content (AvgIpc) is 3.08. The molecule has 0 spiro atoms. The van der Waals surface area contributed by atoms with Crippen LogP contribution in [0.25, 0.3) is 5.69 Å². The molecule has 24 heavy (non-hydrogen) atoms. The molecule has 0 fully saturated rings. The maximum atomic E-state index is 11.7. The normalized spacial score (nSPS) is 12.0. The largest absolute Gasteiger partial charge is 0.472 e. The van der Waals surface area contributed by atoms with Crippen molar-refractivity contribution in [2.45, 2.75) is 6.92 Å². The molecule has 0 radical (unpaired) electrons. The van der Waals surface area contributed by atoms with Crippen molar-refractivity contribution in [2.24, 2.45) is 5.16 Å². The molecule has 1 heterocycles. The molecule has 7 nitrogen and oxygen atoms in total. The first-order valence-corrected chi connectivity index (χ1v) is 7.40. The molecule has 1 aromatic carbocycles. The highest BCUT2D eigenvalue weighted by Crippen LogP contribution is 2.11. The van der Waals surface area contributed by atoms with Crippen molar-refractivity contribution in [3.05, 3.63) is 54.2 Å². The summed E-state index contributed by atoms with van der Waals surface area (Å²) in [6, 6.07) is 11.5. The molecule has 0 saturated heterocycles. The number of hydrogen-bond acceptors (Lipinski definition) is 5. The molecule has 0 atom stereocenters. The van der Waals surface area contributed by atoms with Crippen molar-refractivity contribution in [3.8, 4) is 11.6 Å². The molecule has 1 aromatic heterocycles. The topological polar surface area (TPSA) is 77.7 Å². The van der Waals surface area contributed by atoms with Gasteiger partial charge in [-0.15, -0.1) is 5.10 Å². The van der Waals surface area contributed by atoms with Crippen LogP contribution >= 0.6 is 0 Å². The first-order valence-electron chi connectivity index (χ1n) is 7.40. The number of rotatable bonds is 7. The third-order valence-corrected chi connectivity index (χ3v) is 3.20. The first kappa shape index (κ1) is 17.3. The summed E-state index contributed by atoms with van der Waals surface area (Å²) in [6.45, 7) is 2.02. The zero-order valence-electron chi connectivity index (χ0n) is 13.9. The summed E-state index contributed by atoms with van der Waals surface area (Å²) in [5, 5.41) is 10.6. The van der Waals surface area contributed by atoms with Crippen molar-refractivity contribution < 1.29 is 14.4 Å². The second-order valence-corrected chi connectivity index (χ2v) is 4.83. The van der Waals surface area contributed by atoms with Crippen LogP contribution in [-0.2, 0) is 9.63 Å². The van der Waals surface area contributed by atoms with E-state index in [1.54, 1.807) is 23.7 Å². The molecule has 0 unspecified atom stereocenters. The Labute approximate surface area is 140 Å². The van der Waals surface area contributed by atoms with Crippen molar-refractivity contribution >= 4 is 11.6 Å². The lowest BCUT2D eigenvalue weighted by molar-refractivity contribution is -0.114. The van der Waals surface area contributed by atoms with Gasteiger partial charge in [-0.05, 0) is 30.7 Å². The molecule has 0 saturated carbocycles. The molecular weight excluding hydrogens is 308 g/mol. The van der Waals surface area contributed by atoms with E-state index in [1.165, 1.54) is 14.2 Å². The van der Waals surface area contributed by atoms with Gasteiger partial charge in [-0.3, -0.25) is 4.79 Å². The third kappa shape index (κ3) is 4.45. The van der Waals surface area contributed by atoms with Gasteiger partial charge in [0, 0.05) is 19.3 Å². The van der Waals surface area contributed by atoms with E-state index in [9.17, 15) is 4.79 Å². The van der Waals surface area contributed by atoms with Gasteiger partial charge in [-0.25, -0.2) is 4.68 Å². The monoisotopic (exact) mass is 328 g/mol. The van der Waals surface area contributed by atoms with Gasteiger partial charge >= 0.3 is 0 Å². The lowest BCUT2D eigenvalue weighted by Crippen LogP contribution is -2.28. The van der Waals surface area contributed by atoms with E-state index in [2.05, 4.69) is 15.6 Å². The zero-order valence-corrected chi connectivity index (χ0v) is 13.9. The molecule has 1 amide bonds. The predicted octanol–water partition coefficient (Wildman–Crippen LogP) is 1.95. The molecule has 7 heteroatoms. The molecule has 0 aliphatic heterocycles. The third-order valence-electron chi connectivity index (χ3n) is 3.20. The summed E-state index contributed by atoms with van der Waals surface area (Å²) in [7, 11) is 2.93. The van der Waals surface area contributed by atoms with Gasteiger partial charge in [0.05, 0.1) is 5.69 Å². The number of carbonyl (C=O) groups is 1. The fraction of sp³-hybridized carbons (Fsp3) is 0.235. The lowest BCUT2D eigenvalue weighted by atomic mass is 10.1. The molecule has 0 aliphatic carbocycles. The van der Waals surface area contributed by atoms with E-state index in [1.807, 2.05) is 36.5 Å². The second-order valence-electron chi connectivity index (χ2n) is 4.83. The highest BCUT2D eigenvalue weighted by molar-refractivity contribution is 6.44. The summed E-state index contributed by atoms with van der Waals surface area (Å²) in [6.07, 6.45) is 3.57. The number of carbonyl (C=O) groups excluding carboxylic acids is 1. The number of nitrogens with one attached hydrogen (secondary N) is 1. The number of amides is 1. The van der Waals surface area contributed by atoms with Gasteiger partial charge in [0.1, 0.15) is 13.7 Å². The number of para-hydroxylation sites is 1. The SMILES string of the molecule is CNC(=O)C(=N/OC)/C(C)=C\COc1ccn(-c2ccccc2)n1. The Hall–Kier alpha value is -3.09. The summed E-state index contributed by atoms with van der Waals surface area (Å²) in [4.78, 5) is 16.4. The van der Waals surface area contributed by atoms with Gasteiger partial charge in [0.15, 0.2) is 5.71 Å². The van der Waals surface area contributed by atoms with Crippen LogP contribution in [0.2, 0.25) is 0 Å². The quantitative estimate of drug-likeness (QED) is 0.622. The van der Waals surface area contributed by atoms with Gasteiger partial charge in [0.25, 0.3) is 5.91 Å². The standard InChI is InChI=1S/C17H20N4O3/c1-13(16(20-23-3)17(22)18-2)10-12-24-15-9-11-21(19-15)14-7-5-4-6-8-14/h4-11H,12H2,1-3H3,(H,18,22)/b13-10-,20-16+. The number of benzene rings is 1. The minimum Gasteiger partial charge on any atom is -0.472 e. The molecule has 1 N–H and O–H groups in total. The number of oxime groups is 1. The summed E-state index contributed by atoms with van der Waals surface area (Å²) in [5.41, 5.74) is 1.81. The van der Waals surface area contributed by atoms with E-state index in [0.717, 1.165) is 5.69 Å². The number of nitrogens with zero attached hydrogens (tertiary/aromatic N) is 3. The number of hydrogen-bond donors (Lipinski definition) is 1. The van der Waals surface area contributed by atoms with E-state index in [0.29, 0.717) is 11.5 Å². The first-order chi connectivity index (χ1) is 11.7. The Bertz CT molecular complexity index is 735. The van der Waals surface area contributed by atoms with Crippen molar-refractivity contribution in [1.29, 1.82) is 0 Å². The van der Waals surface area contributed by atoms with E-state index >= 15 is 0 Å². The Morgan fingerprint density at radius 3 is 2.75 bits per heavy atom. The van der Waals surface area contributed by atoms with Gasteiger partial charge in [-0.1, -0.05) is 23.4 Å². The Morgan fingerprint density at radius 2 is 2.08 bits per heavy atom. The van der Waals surface area contributed by atoms with Crippen LogP contribution in [0.5, 0.6) is 5.88 Å². The van der Waals surface area contributed by atoms with Gasteiger partial charge < -0.3 is 14.9 Å². The molecule has 2 aromatic rings. The maximum absolute atomic E-state index is 11.7. The molecular formula is C17H20N4O3. The van der Waals surface area contributed by atoms with Crippen molar-refractivity contribution in [1.82, 2.24) is 15.1 Å². The van der Waals surface area contributed by atoms with Crippen LogP contribution in [0.4, 0.5) is 0 Å². The van der Waals surface area contributed by atoms with E-state index < -0.39 is 0 Å². The molecule has 2 rings (SSSR count). The fourth-order valence-electron chi connectivity index (χ4n) is 1.96. The zero-order chi connectivity index (χ0) is 17.4. The van der Waals surface area contributed by atoms with Crippen LogP contribution in [0.15, 0.2) is 59.4 Å². The minimum absolute atomic E-state index is 0.207. The van der Waals surface area contributed by atoms with Crippen LogP contribution in [-0.4, -0.2) is 42.2 Å². The Kier molecular flexibility index (Phi) is 6.13. The van der Waals surface area contributed by atoms with Gasteiger partial charge in [0.2, 0.25) is 5.88 Å². The van der Waals surface area contributed by atoms with Crippen LogP contribution in [0.1, 0.15) is 6.92 Å². The van der Waals surface area contributed by atoms with Crippen LogP contribution in [0, 0.1) is 0 Å². The fourth-order valence-corrected chi connectivity index (χ4v) is 1.96. The van der Waals surface area contributed by atoms with Gasteiger partial charge in [-0.2, -0.15) is 0 Å². The number of aromatic nitrogens is 2. The van der Waals surface area contributed by atoms with Crippen molar-refractivity contribution in [2.75, 3.05) is 20.8 Å². The minimum atomic E-state index is -0.320. The summed E-state index contributed by atoms with van der Waals surface area (Å²) >= 11 is 0. The smallest absolute Gasteiger partial charge is 0.273 e. The molecule has 0 bridgehead atoms. The Morgan fingerprint density at radius 1 is 1.33 bits per heavy atom. The molecule has 0 aliphatic rings.